The molecule has 0 aliphatic carbocycles. The molecule has 0 saturated heterocycles. The molecule has 9 nitrogen and oxygen atoms in total. The number of aliphatic carboxylic acids is 1. The Morgan fingerprint density at radius 1 is 1.10 bits per heavy atom. The maximum Gasteiger partial charge on any atom is 0.341 e. The van der Waals surface area contributed by atoms with Crippen molar-refractivity contribution >= 4 is 22.6 Å². The van der Waals surface area contributed by atoms with Gasteiger partial charge in [0.25, 0.3) is 5.91 Å². The summed E-state index contributed by atoms with van der Waals surface area (Å²) >= 11 is 0. The summed E-state index contributed by atoms with van der Waals surface area (Å²) in [5.74, 6) is -0.680. The molecule has 0 unspecified atom stereocenters. The number of hydrogen-bond acceptors (Lipinski definition) is 7. The Hall–Kier alpha value is -4.32. The molecule has 146 valence electrons. The quantitative estimate of drug-likeness (QED) is 0.623. The third-order valence-corrected chi connectivity index (χ3v) is 3.90. The lowest BCUT2D eigenvalue weighted by molar-refractivity contribution is -0.139. The zero-order valence-corrected chi connectivity index (χ0v) is 15.2. The normalized spacial score (nSPS) is 10.2. The second kappa shape index (κ2) is 8.14. The van der Waals surface area contributed by atoms with Gasteiger partial charge in [-0.3, -0.25) is 4.79 Å². The first kappa shape index (κ1) is 19.4. The fraction of sp³-hybridized carbons (Fsp3) is 0.100. The molecule has 1 amide bonds. The monoisotopic (exact) mass is 393 g/mol. The molecule has 3 N–H and O–H groups in total. The molecule has 0 fully saturated rings. The zero-order chi connectivity index (χ0) is 21.0. The number of primary amides is 1. The van der Waals surface area contributed by atoms with Crippen molar-refractivity contribution < 1.29 is 28.9 Å². The van der Waals surface area contributed by atoms with E-state index in [4.69, 9.17) is 25.1 Å². The summed E-state index contributed by atoms with van der Waals surface area (Å²) in [6.07, 6.45) is 0. The van der Waals surface area contributed by atoms with Crippen LogP contribution < -0.4 is 19.9 Å². The molecular weight excluding hydrogens is 378 g/mol. The highest BCUT2D eigenvalue weighted by Gasteiger charge is 2.20. The van der Waals surface area contributed by atoms with Crippen LogP contribution in [-0.2, 0) is 4.79 Å². The fourth-order valence-electron chi connectivity index (χ4n) is 2.64. The minimum Gasteiger partial charge on any atom is -0.497 e. The van der Waals surface area contributed by atoms with E-state index in [9.17, 15) is 14.9 Å². The number of nitrogens with two attached hydrogens (primary N) is 1. The fourth-order valence-corrected chi connectivity index (χ4v) is 2.64. The predicted octanol–water partition coefficient (Wildman–Crippen LogP) is 2.47. The molecule has 0 saturated carbocycles. The van der Waals surface area contributed by atoms with Gasteiger partial charge in [-0.05, 0) is 42.5 Å². The van der Waals surface area contributed by atoms with Crippen LogP contribution >= 0.6 is 0 Å². The summed E-state index contributed by atoms with van der Waals surface area (Å²) in [6, 6.07) is 13.5. The van der Waals surface area contributed by atoms with Gasteiger partial charge in [-0.1, -0.05) is 0 Å². The SMILES string of the molecule is COc1ccc(Oc2ccc3c(OCC(=O)O)c(C(N)=O)nc(C#N)c3c2)cc1. The second-order valence-corrected chi connectivity index (χ2v) is 5.78. The van der Waals surface area contributed by atoms with Crippen LogP contribution in [0.25, 0.3) is 10.8 Å². The van der Waals surface area contributed by atoms with Crippen molar-refractivity contribution in [2.45, 2.75) is 0 Å². The van der Waals surface area contributed by atoms with Crippen LogP contribution in [-0.4, -0.2) is 35.7 Å². The smallest absolute Gasteiger partial charge is 0.341 e. The van der Waals surface area contributed by atoms with Gasteiger partial charge in [0.15, 0.2) is 18.1 Å². The number of ether oxygens (including phenoxy) is 3. The van der Waals surface area contributed by atoms with Gasteiger partial charge in [0, 0.05) is 10.8 Å². The number of carbonyl (C=O) groups is 2. The van der Waals surface area contributed by atoms with Gasteiger partial charge >= 0.3 is 5.97 Å². The van der Waals surface area contributed by atoms with Gasteiger partial charge in [-0.2, -0.15) is 5.26 Å². The molecule has 2 aromatic carbocycles. The number of amides is 1. The zero-order valence-electron chi connectivity index (χ0n) is 15.2. The van der Waals surface area contributed by atoms with Crippen molar-refractivity contribution in [1.29, 1.82) is 5.26 Å². The Balaban J connectivity index is 2.08. The summed E-state index contributed by atoms with van der Waals surface area (Å²) in [5.41, 5.74) is 4.93. The average molecular weight is 393 g/mol. The first-order chi connectivity index (χ1) is 13.9. The van der Waals surface area contributed by atoms with Crippen molar-refractivity contribution in [3.63, 3.8) is 0 Å². The Kier molecular flexibility index (Phi) is 5.46. The number of aromatic nitrogens is 1. The molecule has 0 aliphatic rings. The Morgan fingerprint density at radius 3 is 2.34 bits per heavy atom. The third-order valence-electron chi connectivity index (χ3n) is 3.90. The largest absolute Gasteiger partial charge is 0.497 e. The number of nitriles is 1. The van der Waals surface area contributed by atoms with Gasteiger partial charge in [0.2, 0.25) is 0 Å². The molecule has 29 heavy (non-hydrogen) atoms. The number of carboxylic acid groups (broad SMARTS) is 1. The maximum atomic E-state index is 11.7. The lowest BCUT2D eigenvalue weighted by Gasteiger charge is -2.13. The van der Waals surface area contributed by atoms with Crippen LogP contribution in [0, 0.1) is 11.3 Å². The number of pyridine rings is 1. The van der Waals surface area contributed by atoms with Crippen LogP contribution in [0.5, 0.6) is 23.0 Å². The Bertz CT molecular complexity index is 1140. The number of hydrogen-bond donors (Lipinski definition) is 2. The van der Waals surface area contributed by atoms with Crippen LogP contribution in [0.4, 0.5) is 0 Å². The predicted molar refractivity (Wildman–Crippen MR) is 101 cm³/mol. The van der Waals surface area contributed by atoms with Crippen molar-refractivity contribution in [2.24, 2.45) is 5.73 Å². The number of benzene rings is 2. The lowest BCUT2D eigenvalue weighted by Crippen LogP contribution is -2.18. The Labute approximate surface area is 164 Å². The van der Waals surface area contributed by atoms with Crippen molar-refractivity contribution in [3.05, 3.63) is 53.9 Å². The van der Waals surface area contributed by atoms with Gasteiger partial charge in [-0.15, -0.1) is 0 Å². The summed E-state index contributed by atoms with van der Waals surface area (Å²) in [7, 11) is 1.56. The first-order valence-electron chi connectivity index (χ1n) is 8.27. The first-order valence-corrected chi connectivity index (χ1v) is 8.27. The van der Waals surface area contributed by atoms with E-state index in [0.29, 0.717) is 28.0 Å². The van der Waals surface area contributed by atoms with Gasteiger partial charge < -0.3 is 25.1 Å². The number of rotatable bonds is 7. The number of methoxy groups -OCH3 is 1. The summed E-state index contributed by atoms with van der Waals surface area (Å²) in [4.78, 5) is 26.5. The minimum absolute atomic E-state index is 0.0725. The van der Waals surface area contributed by atoms with E-state index in [0.717, 1.165) is 0 Å². The number of nitrogens with zero attached hydrogens (tertiary/aromatic N) is 2. The highest BCUT2D eigenvalue weighted by atomic mass is 16.5. The molecule has 3 rings (SSSR count). The minimum atomic E-state index is -1.24. The third kappa shape index (κ3) is 4.17. The lowest BCUT2D eigenvalue weighted by atomic mass is 10.1. The number of fused-ring (bicyclic) bond motifs is 1. The molecule has 9 heteroatoms. The number of carbonyl (C=O) groups excluding carboxylic acids is 1. The van der Waals surface area contributed by atoms with E-state index in [-0.39, 0.29) is 17.1 Å². The van der Waals surface area contributed by atoms with Crippen LogP contribution in [0.15, 0.2) is 42.5 Å². The van der Waals surface area contributed by atoms with Gasteiger partial charge in [-0.25, -0.2) is 9.78 Å². The van der Waals surface area contributed by atoms with Crippen LogP contribution in [0.1, 0.15) is 16.2 Å². The second-order valence-electron chi connectivity index (χ2n) is 5.78. The average Bonchev–Trinajstić information content (AvgIpc) is 2.71. The van der Waals surface area contributed by atoms with E-state index < -0.39 is 18.5 Å². The number of carboxylic acids is 1. The molecule has 0 bridgehead atoms. The Morgan fingerprint density at radius 2 is 1.76 bits per heavy atom. The highest BCUT2D eigenvalue weighted by Crippen LogP contribution is 2.34. The van der Waals surface area contributed by atoms with E-state index in [1.54, 1.807) is 49.6 Å². The van der Waals surface area contributed by atoms with E-state index >= 15 is 0 Å². The van der Waals surface area contributed by atoms with Crippen molar-refractivity contribution in [1.82, 2.24) is 4.98 Å². The molecule has 0 radical (unpaired) electrons. The standard InChI is InChI=1S/C20H15N3O6/c1-27-11-2-4-12(5-3-11)29-13-6-7-14-15(8-13)16(9-21)23-18(20(22)26)19(14)28-10-17(24)25/h2-8H,10H2,1H3,(H2,22,26)(H,24,25). The summed E-state index contributed by atoms with van der Waals surface area (Å²) < 4.78 is 16.1. The van der Waals surface area contributed by atoms with Gasteiger partial charge in [0.1, 0.15) is 29.0 Å². The maximum absolute atomic E-state index is 11.7. The molecule has 0 atom stereocenters. The summed E-state index contributed by atoms with van der Waals surface area (Å²) in [5, 5.41) is 19.0. The topological polar surface area (TPSA) is 145 Å². The van der Waals surface area contributed by atoms with Crippen LogP contribution in [0.2, 0.25) is 0 Å². The molecule has 1 aromatic heterocycles. The van der Waals surface area contributed by atoms with E-state index in [1.807, 2.05) is 6.07 Å². The molecule has 3 aromatic rings. The molecular formula is C20H15N3O6. The van der Waals surface area contributed by atoms with Gasteiger partial charge in [0.05, 0.1) is 7.11 Å². The van der Waals surface area contributed by atoms with Crippen LogP contribution in [0.3, 0.4) is 0 Å². The van der Waals surface area contributed by atoms with Crippen molar-refractivity contribution in [2.75, 3.05) is 13.7 Å². The van der Waals surface area contributed by atoms with E-state index in [2.05, 4.69) is 4.98 Å². The molecule has 0 spiro atoms. The molecule has 1 heterocycles. The summed E-state index contributed by atoms with van der Waals surface area (Å²) in [6.45, 7) is -0.701. The van der Waals surface area contributed by atoms with E-state index in [1.165, 1.54) is 0 Å². The molecule has 0 aliphatic heterocycles. The van der Waals surface area contributed by atoms with Crippen molar-refractivity contribution in [3.8, 4) is 29.1 Å². The highest BCUT2D eigenvalue weighted by molar-refractivity contribution is 6.03.